The lowest BCUT2D eigenvalue weighted by Crippen LogP contribution is -2.36. The quantitative estimate of drug-likeness (QED) is 0.226. The first kappa shape index (κ1) is 28.5. The van der Waals surface area contributed by atoms with Crippen molar-refractivity contribution in [2.75, 3.05) is 12.9 Å². The van der Waals surface area contributed by atoms with Crippen LogP contribution in [0.3, 0.4) is 0 Å². The summed E-state index contributed by atoms with van der Waals surface area (Å²) in [5.74, 6) is -0.622. The molecule has 39 heavy (non-hydrogen) atoms. The topological polar surface area (TPSA) is 60.5 Å². The second-order valence-corrected chi connectivity index (χ2v) is 15.4. The Balaban J connectivity index is 1.59. The van der Waals surface area contributed by atoms with Crippen molar-refractivity contribution in [1.29, 1.82) is 0 Å². The van der Waals surface area contributed by atoms with Gasteiger partial charge in [0.1, 0.15) is 5.60 Å². The molecule has 0 spiro atoms. The van der Waals surface area contributed by atoms with Crippen LogP contribution in [0.1, 0.15) is 63.6 Å². The van der Waals surface area contributed by atoms with Gasteiger partial charge in [-0.25, -0.2) is 8.93 Å². The van der Waals surface area contributed by atoms with Gasteiger partial charge in [0.25, 0.3) is 0 Å². The zero-order valence-corrected chi connectivity index (χ0v) is 26.0. The van der Waals surface area contributed by atoms with Gasteiger partial charge in [0.2, 0.25) is 0 Å². The van der Waals surface area contributed by atoms with E-state index in [2.05, 4.69) is 72.5 Å². The molecule has 1 fully saturated rings. The molecule has 4 aromatic rings. The minimum absolute atomic E-state index is 0.205. The smallest absolute Gasteiger partial charge is 0.164 e. The van der Waals surface area contributed by atoms with E-state index < -0.39 is 27.1 Å². The highest BCUT2D eigenvalue weighted by atomic mass is 32.2. The van der Waals surface area contributed by atoms with Gasteiger partial charge in [-0.2, -0.15) is 0 Å². The molecule has 2 aromatic heterocycles. The number of aromatic nitrogens is 1. The molecule has 1 aliphatic heterocycles. The fraction of sp³-hybridized carbons (Fsp3) is 0.387. The van der Waals surface area contributed by atoms with Gasteiger partial charge in [0.15, 0.2) is 5.79 Å². The minimum atomic E-state index is -1.25. The number of fused-ring (bicyclic) bond motifs is 1. The maximum Gasteiger partial charge on any atom is 0.164 e. The molecule has 3 heterocycles. The van der Waals surface area contributed by atoms with Crippen LogP contribution in [0.4, 0.5) is 0 Å². The van der Waals surface area contributed by atoms with Gasteiger partial charge < -0.3 is 9.47 Å². The summed E-state index contributed by atoms with van der Waals surface area (Å²) >= 11 is 3.43. The summed E-state index contributed by atoms with van der Waals surface area (Å²) in [6, 6.07) is 20.8. The van der Waals surface area contributed by atoms with E-state index in [-0.39, 0.29) is 6.04 Å². The molecule has 0 aliphatic carbocycles. The van der Waals surface area contributed by atoms with Crippen LogP contribution >= 0.6 is 23.1 Å². The Hall–Kier alpha value is -2.07. The monoisotopic (exact) mass is 580 g/mol. The number of rotatable bonds is 7. The molecule has 3 atom stereocenters. The van der Waals surface area contributed by atoms with Crippen LogP contribution in [0.25, 0.3) is 21.3 Å². The van der Waals surface area contributed by atoms with Gasteiger partial charge in [-0.1, -0.05) is 36.4 Å². The maximum absolute atomic E-state index is 13.3. The average Bonchev–Trinajstić information content (AvgIpc) is 3.46. The standard InChI is InChI=1S/C31H36N2O3S3/c1-29(2,3)39(34)33-27(23-12-8-9-14-25(23)37-7)26-17-20-11-10-13-22(28(20)38-26)24-18-21(15-16-32-24)31(6)19-35-30(4,5)36-31/h8-18,27,33H,19H2,1-7H3/t27?,31-,39?/m1/s1. The Kier molecular flexibility index (Phi) is 7.83. The van der Waals surface area contributed by atoms with Crippen LogP contribution in [0, 0.1) is 0 Å². The summed E-state index contributed by atoms with van der Waals surface area (Å²) in [7, 11) is -1.25. The Bertz CT molecular complexity index is 1530. The highest BCUT2D eigenvalue weighted by molar-refractivity contribution is 7.98. The first-order valence-electron chi connectivity index (χ1n) is 13.0. The molecule has 8 heteroatoms. The van der Waals surface area contributed by atoms with Gasteiger partial charge in [-0.3, -0.25) is 4.98 Å². The molecule has 0 bridgehead atoms. The Morgan fingerprint density at radius 1 is 1.08 bits per heavy atom. The van der Waals surface area contributed by atoms with Crippen molar-refractivity contribution in [1.82, 2.24) is 9.71 Å². The normalized spacial score (nSPS) is 20.8. The fourth-order valence-electron chi connectivity index (χ4n) is 4.85. The SMILES string of the molecule is CSc1ccccc1C(NS(=O)C(C)(C)C)c1cc2cccc(-c3cc([C@@]4(C)COC(C)(C)O4)ccn3)c2s1. The largest absolute Gasteiger partial charge is 0.347 e. The Morgan fingerprint density at radius 2 is 1.85 bits per heavy atom. The molecular weight excluding hydrogens is 545 g/mol. The third-order valence-electron chi connectivity index (χ3n) is 6.89. The van der Waals surface area contributed by atoms with Crippen molar-refractivity contribution in [3.05, 3.63) is 82.9 Å². The van der Waals surface area contributed by atoms with Gasteiger partial charge in [0, 0.05) is 26.2 Å². The van der Waals surface area contributed by atoms with Gasteiger partial charge in [-0.15, -0.1) is 23.1 Å². The third-order valence-corrected chi connectivity index (χ3v) is 10.5. The minimum Gasteiger partial charge on any atom is -0.347 e. The van der Waals surface area contributed by atoms with Crippen LogP contribution in [0.15, 0.2) is 71.8 Å². The van der Waals surface area contributed by atoms with E-state index in [9.17, 15) is 4.21 Å². The molecule has 2 unspecified atom stereocenters. The van der Waals surface area contributed by atoms with Crippen LogP contribution in [-0.2, 0) is 26.1 Å². The van der Waals surface area contributed by atoms with Crippen molar-refractivity contribution in [2.24, 2.45) is 0 Å². The summed E-state index contributed by atoms with van der Waals surface area (Å²) in [4.78, 5) is 7.05. The first-order chi connectivity index (χ1) is 18.4. The predicted octanol–water partition coefficient (Wildman–Crippen LogP) is 7.82. The van der Waals surface area contributed by atoms with Gasteiger partial charge in [0.05, 0.1) is 34.1 Å². The zero-order valence-electron chi connectivity index (χ0n) is 23.5. The molecule has 0 amide bonds. The predicted molar refractivity (Wildman–Crippen MR) is 165 cm³/mol. The maximum atomic E-state index is 13.3. The zero-order chi connectivity index (χ0) is 28.0. The molecule has 5 rings (SSSR count). The van der Waals surface area contributed by atoms with Crippen molar-refractivity contribution in [3.63, 3.8) is 0 Å². The van der Waals surface area contributed by atoms with E-state index in [1.807, 2.05) is 46.9 Å². The molecule has 1 N–H and O–H groups in total. The number of benzene rings is 2. The molecule has 5 nitrogen and oxygen atoms in total. The van der Waals surface area contributed by atoms with Crippen LogP contribution in [-0.4, -0.2) is 32.6 Å². The van der Waals surface area contributed by atoms with E-state index >= 15 is 0 Å². The number of hydrogen-bond acceptors (Lipinski definition) is 6. The van der Waals surface area contributed by atoms with Crippen LogP contribution in [0.2, 0.25) is 0 Å². The van der Waals surface area contributed by atoms with E-state index in [0.29, 0.717) is 6.61 Å². The number of thiophene rings is 1. The molecule has 0 saturated carbocycles. The number of nitrogens with zero attached hydrogens (tertiary/aromatic N) is 1. The van der Waals surface area contributed by atoms with Crippen molar-refractivity contribution >= 4 is 44.2 Å². The van der Waals surface area contributed by atoms with Gasteiger partial charge >= 0.3 is 0 Å². The molecular formula is C31H36N2O3S3. The fourth-order valence-corrected chi connectivity index (χ4v) is 7.64. The lowest BCUT2D eigenvalue weighted by atomic mass is 9.96. The average molecular weight is 581 g/mol. The summed E-state index contributed by atoms with van der Waals surface area (Å²) in [5.41, 5.74) is 3.60. The highest BCUT2D eigenvalue weighted by Gasteiger charge is 2.43. The summed E-state index contributed by atoms with van der Waals surface area (Å²) in [5, 5.41) is 1.14. The van der Waals surface area contributed by atoms with E-state index in [4.69, 9.17) is 14.5 Å². The number of pyridine rings is 1. The lowest BCUT2D eigenvalue weighted by molar-refractivity contribution is -0.159. The molecule has 2 aromatic carbocycles. The third kappa shape index (κ3) is 5.87. The number of thioether (sulfide) groups is 1. The van der Waals surface area contributed by atoms with E-state index in [1.165, 1.54) is 4.90 Å². The van der Waals surface area contributed by atoms with Crippen molar-refractivity contribution in [3.8, 4) is 11.3 Å². The molecule has 206 valence electrons. The summed E-state index contributed by atoms with van der Waals surface area (Å²) < 4.78 is 29.7. The van der Waals surface area contributed by atoms with Crippen molar-refractivity contribution in [2.45, 2.75) is 68.6 Å². The molecule has 1 aliphatic rings. The number of ether oxygens (including phenoxy) is 2. The van der Waals surface area contributed by atoms with Crippen LogP contribution in [0.5, 0.6) is 0 Å². The van der Waals surface area contributed by atoms with Crippen LogP contribution < -0.4 is 4.72 Å². The molecule has 1 saturated heterocycles. The van der Waals surface area contributed by atoms with E-state index in [1.54, 1.807) is 23.1 Å². The van der Waals surface area contributed by atoms with Gasteiger partial charge in [-0.05, 0) is 88.6 Å². The Morgan fingerprint density at radius 3 is 2.54 bits per heavy atom. The highest BCUT2D eigenvalue weighted by Crippen LogP contribution is 2.42. The number of nitrogens with one attached hydrogen (secondary N) is 1. The Labute approximate surface area is 242 Å². The molecule has 0 radical (unpaired) electrons. The lowest BCUT2D eigenvalue weighted by Gasteiger charge is -2.25. The second-order valence-electron chi connectivity index (χ2n) is 11.5. The first-order valence-corrected chi connectivity index (χ1v) is 16.2. The van der Waals surface area contributed by atoms with Crippen molar-refractivity contribution < 1.29 is 13.7 Å². The number of hydrogen-bond donors (Lipinski definition) is 1. The second kappa shape index (κ2) is 10.7. The summed E-state index contributed by atoms with van der Waals surface area (Å²) in [6.07, 6.45) is 3.93. The van der Waals surface area contributed by atoms with E-state index in [0.717, 1.165) is 37.3 Å². The summed E-state index contributed by atoms with van der Waals surface area (Å²) in [6.45, 7) is 12.4.